The van der Waals surface area contributed by atoms with Crippen LogP contribution in [-0.2, 0) is 0 Å². The number of halogens is 1. The summed E-state index contributed by atoms with van der Waals surface area (Å²) in [5, 5.41) is 0.402. The van der Waals surface area contributed by atoms with E-state index < -0.39 is 5.82 Å². The van der Waals surface area contributed by atoms with Crippen LogP contribution < -0.4 is 0 Å². The summed E-state index contributed by atoms with van der Waals surface area (Å²) < 4.78 is 13.6. The maximum absolute atomic E-state index is 13.6. The van der Waals surface area contributed by atoms with Gasteiger partial charge in [-0.3, -0.25) is 4.79 Å². The minimum atomic E-state index is -0.435. The van der Waals surface area contributed by atoms with Crippen LogP contribution in [0.1, 0.15) is 24.2 Å². The standard InChI is InChI=1S/C13H16FNOS/c1-9-10(2)17-8-7-15(9)13(16)11-5-3-4-6-12(11)14/h3-6,9-10H,7-8H2,1-2H3. The van der Waals surface area contributed by atoms with Crippen molar-refractivity contribution in [2.45, 2.75) is 25.1 Å². The fourth-order valence-corrected chi connectivity index (χ4v) is 3.11. The first-order valence-corrected chi connectivity index (χ1v) is 6.83. The van der Waals surface area contributed by atoms with E-state index in [2.05, 4.69) is 6.92 Å². The lowest BCUT2D eigenvalue weighted by molar-refractivity contribution is 0.0693. The highest BCUT2D eigenvalue weighted by atomic mass is 32.2. The molecule has 1 amide bonds. The number of carbonyl (C=O) groups excluding carboxylic acids is 1. The molecule has 1 saturated heterocycles. The van der Waals surface area contributed by atoms with Crippen LogP contribution in [0, 0.1) is 5.82 Å². The van der Waals surface area contributed by atoms with Gasteiger partial charge in [0.05, 0.1) is 5.56 Å². The summed E-state index contributed by atoms with van der Waals surface area (Å²) in [4.78, 5) is 14.0. The topological polar surface area (TPSA) is 20.3 Å². The van der Waals surface area contributed by atoms with Gasteiger partial charge in [0.15, 0.2) is 0 Å². The summed E-state index contributed by atoms with van der Waals surface area (Å²) in [6, 6.07) is 6.34. The van der Waals surface area contributed by atoms with Crippen LogP contribution in [0.25, 0.3) is 0 Å². The van der Waals surface area contributed by atoms with E-state index in [-0.39, 0.29) is 17.5 Å². The molecule has 0 N–H and O–H groups in total. The van der Waals surface area contributed by atoms with Gasteiger partial charge < -0.3 is 4.90 Å². The van der Waals surface area contributed by atoms with Crippen molar-refractivity contribution in [2.24, 2.45) is 0 Å². The zero-order chi connectivity index (χ0) is 12.4. The van der Waals surface area contributed by atoms with E-state index in [0.29, 0.717) is 11.8 Å². The number of amides is 1. The van der Waals surface area contributed by atoms with Gasteiger partial charge in [-0.15, -0.1) is 0 Å². The van der Waals surface area contributed by atoms with E-state index in [1.165, 1.54) is 6.07 Å². The van der Waals surface area contributed by atoms with Gasteiger partial charge in [0.2, 0.25) is 0 Å². The molecule has 92 valence electrons. The van der Waals surface area contributed by atoms with Crippen LogP contribution in [0.2, 0.25) is 0 Å². The van der Waals surface area contributed by atoms with Gasteiger partial charge >= 0.3 is 0 Å². The lowest BCUT2D eigenvalue weighted by atomic mass is 10.1. The molecule has 2 atom stereocenters. The normalized spacial score (nSPS) is 24.8. The van der Waals surface area contributed by atoms with E-state index in [0.717, 1.165) is 5.75 Å². The Morgan fingerprint density at radius 1 is 1.41 bits per heavy atom. The molecule has 1 aromatic carbocycles. The predicted molar refractivity (Wildman–Crippen MR) is 68.8 cm³/mol. The first-order chi connectivity index (χ1) is 8.11. The van der Waals surface area contributed by atoms with Crippen molar-refractivity contribution in [2.75, 3.05) is 12.3 Å². The molecule has 0 aliphatic carbocycles. The lowest BCUT2D eigenvalue weighted by Gasteiger charge is -2.37. The Morgan fingerprint density at radius 2 is 2.12 bits per heavy atom. The lowest BCUT2D eigenvalue weighted by Crippen LogP contribution is -2.48. The molecular weight excluding hydrogens is 237 g/mol. The first-order valence-electron chi connectivity index (χ1n) is 5.78. The molecule has 0 saturated carbocycles. The highest BCUT2D eigenvalue weighted by molar-refractivity contribution is 8.00. The summed E-state index contributed by atoms with van der Waals surface area (Å²) in [7, 11) is 0. The number of hydrogen-bond acceptors (Lipinski definition) is 2. The van der Waals surface area contributed by atoms with E-state index in [1.807, 2.05) is 18.7 Å². The number of benzene rings is 1. The first kappa shape index (κ1) is 12.4. The van der Waals surface area contributed by atoms with Crippen LogP contribution in [0.4, 0.5) is 4.39 Å². The Hall–Kier alpha value is -1.03. The molecule has 1 heterocycles. The molecule has 0 bridgehead atoms. The fraction of sp³-hybridized carbons (Fsp3) is 0.462. The van der Waals surface area contributed by atoms with Gasteiger partial charge in [-0.05, 0) is 19.1 Å². The molecule has 0 radical (unpaired) electrons. The molecule has 2 unspecified atom stereocenters. The van der Waals surface area contributed by atoms with Gasteiger partial charge in [0.1, 0.15) is 5.82 Å². The molecule has 0 spiro atoms. The number of rotatable bonds is 1. The highest BCUT2D eigenvalue weighted by Gasteiger charge is 2.30. The van der Waals surface area contributed by atoms with Crippen LogP contribution in [0.3, 0.4) is 0 Å². The fourth-order valence-electron chi connectivity index (χ4n) is 2.01. The second-order valence-corrected chi connectivity index (χ2v) is 5.78. The largest absolute Gasteiger partial charge is 0.334 e. The van der Waals surface area contributed by atoms with Crippen LogP contribution >= 0.6 is 11.8 Å². The Balaban J connectivity index is 2.23. The second kappa shape index (κ2) is 5.08. The molecule has 2 nitrogen and oxygen atoms in total. The third-order valence-electron chi connectivity index (χ3n) is 3.25. The average molecular weight is 253 g/mol. The SMILES string of the molecule is CC1SCCN(C(=O)c2ccccc2F)C1C. The quantitative estimate of drug-likeness (QED) is 0.767. The molecule has 1 aliphatic rings. The van der Waals surface area contributed by atoms with Crippen LogP contribution in [-0.4, -0.2) is 34.4 Å². The molecule has 1 fully saturated rings. The van der Waals surface area contributed by atoms with E-state index in [1.54, 1.807) is 23.1 Å². The van der Waals surface area contributed by atoms with E-state index in [4.69, 9.17) is 0 Å². The van der Waals surface area contributed by atoms with Gasteiger partial charge in [-0.2, -0.15) is 11.8 Å². The van der Waals surface area contributed by atoms with E-state index in [9.17, 15) is 9.18 Å². The van der Waals surface area contributed by atoms with Gasteiger partial charge in [0.25, 0.3) is 5.91 Å². The van der Waals surface area contributed by atoms with Crippen molar-refractivity contribution in [3.05, 3.63) is 35.6 Å². The second-order valence-electron chi connectivity index (χ2n) is 4.29. The van der Waals surface area contributed by atoms with Crippen LogP contribution in [0.15, 0.2) is 24.3 Å². The minimum absolute atomic E-state index is 0.154. The molecule has 4 heteroatoms. The Bertz CT molecular complexity index is 424. The Kier molecular flexibility index (Phi) is 3.72. The summed E-state index contributed by atoms with van der Waals surface area (Å²) in [5.74, 6) is 0.296. The molecule has 17 heavy (non-hydrogen) atoms. The number of nitrogens with zero attached hydrogens (tertiary/aromatic N) is 1. The summed E-state index contributed by atoms with van der Waals surface area (Å²) in [5.41, 5.74) is 0.179. The van der Waals surface area contributed by atoms with Gasteiger partial charge in [0, 0.05) is 23.6 Å². The zero-order valence-corrected chi connectivity index (χ0v) is 10.8. The molecule has 1 aliphatic heterocycles. The number of thioether (sulfide) groups is 1. The van der Waals surface area contributed by atoms with Crippen molar-refractivity contribution >= 4 is 17.7 Å². The molecular formula is C13H16FNOS. The number of carbonyl (C=O) groups is 1. The highest BCUT2D eigenvalue weighted by Crippen LogP contribution is 2.26. The van der Waals surface area contributed by atoms with Crippen molar-refractivity contribution < 1.29 is 9.18 Å². The minimum Gasteiger partial charge on any atom is -0.334 e. The summed E-state index contributed by atoms with van der Waals surface area (Å²) in [6.07, 6.45) is 0. The molecule has 1 aromatic rings. The predicted octanol–water partition coefficient (Wildman–Crippen LogP) is 2.79. The maximum Gasteiger partial charge on any atom is 0.257 e. The zero-order valence-electron chi connectivity index (χ0n) is 10.0. The molecule has 2 rings (SSSR count). The van der Waals surface area contributed by atoms with Crippen molar-refractivity contribution in [1.82, 2.24) is 4.90 Å². The average Bonchev–Trinajstić information content (AvgIpc) is 2.32. The van der Waals surface area contributed by atoms with Gasteiger partial charge in [-0.25, -0.2) is 4.39 Å². The number of hydrogen-bond donors (Lipinski definition) is 0. The van der Waals surface area contributed by atoms with E-state index >= 15 is 0 Å². The Morgan fingerprint density at radius 3 is 2.82 bits per heavy atom. The summed E-state index contributed by atoms with van der Waals surface area (Å²) in [6.45, 7) is 4.83. The summed E-state index contributed by atoms with van der Waals surface area (Å²) >= 11 is 1.86. The third kappa shape index (κ3) is 2.46. The van der Waals surface area contributed by atoms with Gasteiger partial charge in [-0.1, -0.05) is 19.1 Å². The Labute approximate surface area is 105 Å². The van der Waals surface area contributed by atoms with Crippen molar-refractivity contribution in [3.63, 3.8) is 0 Å². The smallest absolute Gasteiger partial charge is 0.257 e. The van der Waals surface area contributed by atoms with Crippen molar-refractivity contribution in [1.29, 1.82) is 0 Å². The maximum atomic E-state index is 13.6. The third-order valence-corrected chi connectivity index (χ3v) is 4.59. The monoisotopic (exact) mass is 253 g/mol. The van der Waals surface area contributed by atoms with Crippen LogP contribution in [0.5, 0.6) is 0 Å². The van der Waals surface area contributed by atoms with Crippen molar-refractivity contribution in [3.8, 4) is 0 Å². The molecule has 0 aromatic heterocycles.